The number of hydrogen-bond donors (Lipinski definition) is 1. The predicted octanol–water partition coefficient (Wildman–Crippen LogP) is 4.27. The van der Waals surface area contributed by atoms with Gasteiger partial charge in [0, 0.05) is 10.6 Å². The van der Waals surface area contributed by atoms with Crippen LogP contribution in [0.3, 0.4) is 0 Å². The van der Waals surface area contributed by atoms with Gasteiger partial charge in [-0.05, 0) is 50.3 Å². The average molecular weight is 363 g/mol. The minimum Gasteiger partial charge on any atom is -0.485 e. The van der Waals surface area contributed by atoms with Gasteiger partial charge in [0.2, 0.25) is 4.77 Å². The number of aromatic amines is 1. The molecule has 1 N–H and O–H groups in total. The van der Waals surface area contributed by atoms with Crippen molar-refractivity contribution in [1.29, 1.82) is 0 Å². The molecule has 0 spiro atoms. The maximum Gasteiger partial charge on any atom is 0.216 e. The molecule has 0 aliphatic heterocycles. The van der Waals surface area contributed by atoms with Gasteiger partial charge < -0.3 is 9.15 Å². The van der Waals surface area contributed by atoms with Crippen LogP contribution >= 0.6 is 23.8 Å². The molecule has 8 heteroatoms. The third-order valence-corrected chi connectivity index (χ3v) is 4.06. The van der Waals surface area contributed by atoms with E-state index in [0.29, 0.717) is 33.7 Å². The molecule has 0 aliphatic rings. The van der Waals surface area contributed by atoms with Crippen LogP contribution in [0.25, 0.3) is 0 Å². The Bertz CT molecular complexity index is 942. The average Bonchev–Trinajstić information content (AvgIpc) is 3.14. The summed E-state index contributed by atoms with van der Waals surface area (Å²) < 4.78 is 13.4. The number of aryl methyl sites for hydroxylation is 1. The van der Waals surface area contributed by atoms with Crippen molar-refractivity contribution < 1.29 is 9.15 Å². The van der Waals surface area contributed by atoms with Crippen LogP contribution in [-0.2, 0) is 6.61 Å². The largest absolute Gasteiger partial charge is 0.485 e. The van der Waals surface area contributed by atoms with Crippen molar-refractivity contribution in [2.24, 2.45) is 5.10 Å². The summed E-state index contributed by atoms with van der Waals surface area (Å²) in [6, 6.07) is 9.20. The Morgan fingerprint density at radius 2 is 2.21 bits per heavy atom. The molecular weight excluding hydrogens is 348 g/mol. The van der Waals surface area contributed by atoms with Crippen LogP contribution in [0.15, 0.2) is 39.9 Å². The fourth-order valence-corrected chi connectivity index (χ4v) is 2.45. The second-order valence-electron chi connectivity index (χ2n) is 5.09. The maximum atomic E-state index is 6.08. The van der Waals surface area contributed by atoms with Gasteiger partial charge in [0.1, 0.15) is 29.7 Å². The summed E-state index contributed by atoms with van der Waals surface area (Å²) in [6.45, 7) is 4.02. The molecule has 24 heavy (non-hydrogen) atoms. The fraction of sp³-hybridized carbons (Fsp3) is 0.188. The Hall–Kier alpha value is -2.38. The van der Waals surface area contributed by atoms with Gasteiger partial charge in [0.25, 0.3) is 0 Å². The summed E-state index contributed by atoms with van der Waals surface area (Å²) in [5, 5.41) is 11.6. The molecule has 0 bridgehead atoms. The normalized spacial score (nSPS) is 11.3. The van der Waals surface area contributed by atoms with Gasteiger partial charge in [-0.15, -0.1) is 0 Å². The number of benzene rings is 1. The molecule has 0 fully saturated rings. The molecule has 0 unspecified atom stereocenters. The second kappa shape index (κ2) is 7.02. The standard InChI is InChI=1S/C16H15ClN4O2S/c1-10-14(17)4-3-5-15(10)22-9-13-7-6-12(23-13)8-18-21-11(2)19-20-16(21)24/h3-8H,9H2,1-2H3,(H,20,24)/b18-8+. The van der Waals surface area contributed by atoms with Gasteiger partial charge in [-0.2, -0.15) is 14.9 Å². The smallest absolute Gasteiger partial charge is 0.216 e. The highest BCUT2D eigenvalue weighted by molar-refractivity contribution is 7.71. The molecule has 3 aromatic rings. The van der Waals surface area contributed by atoms with Crippen LogP contribution in [0.2, 0.25) is 5.02 Å². The van der Waals surface area contributed by atoms with E-state index in [1.54, 1.807) is 13.1 Å². The lowest BCUT2D eigenvalue weighted by molar-refractivity contribution is 0.268. The number of furan rings is 1. The van der Waals surface area contributed by atoms with Gasteiger partial charge in [-0.3, -0.25) is 5.10 Å². The van der Waals surface area contributed by atoms with Gasteiger partial charge >= 0.3 is 0 Å². The Kier molecular flexibility index (Phi) is 4.82. The number of H-pyrrole nitrogens is 1. The number of rotatable bonds is 5. The third-order valence-electron chi connectivity index (χ3n) is 3.38. The lowest BCUT2D eigenvalue weighted by Crippen LogP contribution is -1.96. The molecule has 1 aromatic carbocycles. The zero-order valence-electron chi connectivity index (χ0n) is 13.1. The van der Waals surface area contributed by atoms with Crippen molar-refractivity contribution in [2.45, 2.75) is 20.5 Å². The number of halogens is 1. The minimum absolute atomic E-state index is 0.305. The highest BCUT2D eigenvalue weighted by Gasteiger charge is 2.06. The van der Waals surface area contributed by atoms with Crippen LogP contribution in [0.5, 0.6) is 5.75 Å². The van der Waals surface area contributed by atoms with Crippen LogP contribution < -0.4 is 4.74 Å². The lowest BCUT2D eigenvalue weighted by atomic mass is 10.2. The number of hydrogen-bond acceptors (Lipinski definition) is 5. The number of ether oxygens (including phenoxy) is 1. The number of aromatic nitrogens is 3. The molecule has 0 saturated heterocycles. The topological polar surface area (TPSA) is 68.3 Å². The summed E-state index contributed by atoms with van der Waals surface area (Å²) in [4.78, 5) is 0. The summed E-state index contributed by atoms with van der Waals surface area (Å²) >= 11 is 11.2. The van der Waals surface area contributed by atoms with Crippen molar-refractivity contribution in [3.8, 4) is 5.75 Å². The number of nitrogens with zero attached hydrogens (tertiary/aromatic N) is 3. The van der Waals surface area contributed by atoms with E-state index in [2.05, 4.69) is 15.3 Å². The van der Waals surface area contributed by atoms with E-state index >= 15 is 0 Å². The van der Waals surface area contributed by atoms with E-state index in [1.165, 1.54) is 4.68 Å². The highest BCUT2D eigenvalue weighted by atomic mass is 35.5. The van der Waals surface area contributed by atoms with Crippen LogP contribution in [0.1, 0.15) is 22.9 Å². The molecule has 6 nitrogen and oxygen atoms in total. The first-order chi connectivity index (χ1) is 11.5. The van der Waals surface area contributed by atoms with Crippen LogP contribution in [0, 0.1) is 18.6 Å². The van der Waals surface area contributed by atoms with E-state index in [4.69, 9.17) is 33.0 Å². The van der Waals surface area contributed by atoms with Gasteiger partial charge in [0.15, 0.2) is 0 Å². The maximum absolute atomic E-state index is 6.08. The molecule has 0 saturated carbocycles. The lowest BCUT2D eigenvalue weighted by Gasteiger charge is -2.08. The second-order valence-corrected chi connectivity index (χ2v) is 5.88. The monoisotopic (exact) mass is 362 g/mol. The highest BCUT2D eigenvalue weighted by Crippen LogP contribution is 2.25. The molecule has 2 aromatic heterocycles. The van der Waals surface area contributed by atoms with Crippen LogP contribution in [0.4, 0.5) is 0 Å². The predicted molar refractivity (Wildman–Crippen MR) is 94.4 cm³/mol. The van der Waals surface area contributed by atoms with Crippen molar-refractivity contribution >= 4 is 30.0 Å². The van der Waals surface area contributed by atoms with Gasteiger partial charge in [0.05, 0.1) is 6.21 Å². The molecule has 0 radical (unpaired) electrons. The van der Waals surface area contributed by atoms with Gasteiger partial charge in [-0.25, -0.2) is 0 Å². The summed E-state index contributed by atoms with van der Waals surface area (Å²) in [6.07, 6.45) is 1.58. The first kappa shape index (κ1) is 16.5. The molecular formula is C16H15ClN4O2S. The van der Waals surface area contributed by atoms with Gasteiger partial charge in [-0.1, -0.05) is 17.7 Å². The van der Waals surface area contributed by atoms with Crippen molar-refractivity contribution in [3.63, 3.8) is 0 Å². The summed E-state index contributed by atoms with van der Waals surface area (Å²) in [7, 11) is 0. The summed E-state index contributed by atoms with van der Waals surface area (Å²) in [5.41, 5.74) is 0.900. The van der Waals surface area contributed by atoms with E-state index in [-0.39, 0.29) is 0 Å². The molecule has 0 amide bonds. The molecule has 0 atom stereocenters. The first-order valence-electron chi connectivity index (χ1n) is 7.19. The Morgan fingerprint density at radius 3 is 2.96 bits per heavy atom. The van der Waals surface area contributed by atoms with E-state index in [1.807, 2.05) is 37.3 Å². The number of nitrogens with one attached hydrogen (secondary N) is 1. The quantitative estimate of drug-likeness (QED) is 0.543. The Balaban J connectivity index is 1.68. The SMILES string of the molecule is Cc1c(Cl)cccc1OCc1ccc(/C=N/n2c(C)n[nH]c2=S)o1. The van der Waals surface area contributed by atoms with Crippen molar-refractivity contribution in [1.82, 2.24) is 14.9 Å². The minimum atomic E-state index is 0.305. The fourth-order valence-electron chi connectivity index (χ4n) is 2.06. The van der Waals surface area contributed by atoms with E-state index in [0.717, 1.165) is 11.3 Å². The van der Waals surface area contributed by atoms with Crippen molar-refractivity contribution in [3.05, 3.63) is 63.0 Å². The zero-order chi connectivity index (χ0) is 17.1. The first-order valence-corrected chi connectivity index (χ1v) is 7.98. The molecule has 124 valence electrons. The third kappa shape index (κ3) is 3.58. The van der Waals surface area contributed by atoms with Crippen molar-refractivity contribution in [2.75, 3.05) is 0 Å². The van der Waals surface area contributed by atoms with E-state index in [9.17, 15) is 0 Å². The zero-order valence-corrected chi connectivity index (χ0v) is 14.7. The Labute approximate surface area is 148 Å². The molecule has 3 rings (SSSR count). The Morgan fingerprint density at radius 1 is 1.38 bits per heavy atom. The summed E-state index contributed by atoms with van der Waals surface area (Å²) in [5.74, 6) is 2.68. The molecule has 2 heterocycles. The van der Waals surface area contributed by atoms with E-state index < -0.39 is 0 Å². The van der Waals surface area contributed by atoms with Crippen LogP contribution in [-0.4, -0.2) is 21.1 Å². The molecule has 0 aliphatic carbocycles.